The molecular weight excluding hydrogens is 436 g/mol. The Bertz CT molecular complexity index is 884. The number of pyridine rings is 1. The van der Waals surface area contributed by atoms with Crippen molar-refractivity contribution in [2.45, 2.75) is 51.3 Å². The zero-order valence-corrected chi connectivity index (χ0v) is 19.9. The van der Waals surface area contributed by atoms with Gasteiger partial charge in [0.1, 0.15) is 34.5 Å². The van der Waals surface area contributed by atoms with Crippen LogP contribution in [-0.2, 0) is 9.47 Å². The van der Waals surface area contributed by atoms with Crippen LogP contribution in [0.4, 0.5) is 10.6 Å². The maximum atomic E-state index is 13.7. The summed E-state index contributed by atoms with van der Waals surface area (Å²) in [5.74, 6) is 0.811. The number of fused-ring (bicyclic) bond motifs is 2. The van der Waals surface area contributed by atoms with Gasteiger partial charge in [0.05, 0.1) is 6.04 Å². The number of piperazine rings is 1. The Kier molecular flexibility index (Phi) is 6.40. The Hall–Kier alpha value is -2.26. The smallest absolute Gasteiger partial charge is 0.410 e. The molecule has 4 heterocycles. The van der Waals surface area contributed by atoms with Crippen LogP contribution in [0, 0.1) is 0 Å². The van der Waals surface area contributed by atoms with E-state index in [0.29, 0.717) is 50.0 Å². The van der Waals surface area contributed by atoms with E-state index in [1.54, 1.807) is 15.9 Å². The molecule has 1 aromatic heterocycles. The van der Waals surface area contributed by atoms with Crippen LogP contribution in [0.1, 0.15) is 44.0 Å². The van der Waals surface area contributed by atoms with E-state index in [4.69, 9.17) is 25.8 Å². The minimum atomic E-state index is -0.577. The van der Waals surface area contributed by atoms with Crippen molar-refractivity contribution in [3.05, 3.63) is 16.8 Å². The van der Waals surface area contributed by atoms with Gasteiger partial charge in [0.25, 0.3) is 5.91 Å². The number of amides is 2. The van der Waals surface area contributed by atoms with Gasteiger partial charge in [0, 0.05) is 52.0 Å². The highest BCUT2D eigenvalue weighted by molar-refractivity contribution is 6.30. The fourth-order valence-electron chi connectivity index (χ4n) is 4.38. The van der Waals surface area contributed by atoms with Gasteiger partial charge in [0.15, 0.2) is 0 Å². The van der Waals surface area contributed by atoms with Gasteiger partial charge < -0.3 is 28.9 Å². The lowest BCUT2D eigenvalue weighted by Crippen LogP contribution is -2.58. The van der Waals surface area contributed by atoms with Crippen LogP contribution >= 0.6 is 11.6 Å². The Morgan fingerprint density at radius 1 is 1.28 bits per heavy atom. The van der Waals surface area contributed by atoms with Gasteiger partial charge in [-0.25, -0.2) is 9.78 Å². The largest absolute Gasteiger partial charge is 0.490 e. The zero-order chi connectivity index (χ0) is 23.0. The summed E-state index contributed by atoms with van der Waals surface area (Å²) in [5.41, 5.74) is -0.150. The molecule has 0 aliphatic carbocycles. The van der Waals surface area contributed by atoms with Crippen LogP contribution in [0.2, 0.25) is 5.15 Å². The minimum Gasteiger partial charge on any atom is -0.490 e. The number of nitrogens with zero attached hydrogens (tertiary/aromatic N) is 4. The van der Waals surface area contributed by atoms with Crippen molar-refractivity contribution in [3.8, 4) is 5.75 Å². The summed E-state index contributed by atoms with van der Waals surface area (Å²) in [6.45, 7) is 8.27. The Labute approximate surface area is 193 Å². The Morgan fingerprint density at radius 2 is 2.00 bits per heavy atom. The molecule has 1 aromatic rings. The Balaban J connectivity index is 1.58. The van der Waals surface area contributed by atoms with Gasteiger partial charge in [0.2, 0.25) is 0 Å². The molecule has 0 bridgehead atoms. The summed E-state index contributed by atoms with van der Waals surface area (Å²) in [6.07, 6.45) is 1.33. The molecule has 32 heavy (non-hydrogen) atoms. The first kappa shape index (κ1) is 22.9. The molecule has 3 aliphatic rings. The second kappa shape index (κ2) is 8.94. The molecule has 0 spiro atoms. The number of ether oxygens (including phenoxy) is 3. The van der Waals surface area contributed by atoms with Crippen molar-refractivity contribution in [2.75, 3.05) is 51.4 Å². The van der Waals surface area contributed by atoms with E-state index in [0.717, 1.165) is 12.8 Å². The molecule has 0 saturated carbocycles. The number of anilines is 1. The van der Waals surface area contributed by atoms with Gasteiger partial charge in [-0.1, -0.05) is 11.6 Å². The number of carbonyl (C=O) groups is 2. The molecular formula is C22H31ClN4O5. The van der Waals surface area contributed by atoms with Gasteiger partial charge in [-0.2, -0.15) is 0 Å². The average molecular weight is 467 g/mol. The molecule has 2 saturated heterocycles. The molecule has 9 nitrogen and oxygen atoms in total. The van der Waals surface area contributed by atoms with Gasteiger partial charge in [-0.3, -0.25) is 4.79 Å². The second-order valence-corrected chi connectivity index (χ2v) is 9.87. The topological polar surface area (TPSA) is 84.4 Å². The number of carbonyl (C=O) groups excluding carboxylic acids is 2. The summed E-state index contributed by atoms with van der Waals surface area (Å²) >= 11 is 6.31. The molecule has 1 unspecified atom stereocenters. The normalized spacial score (nSPS) is 21.9. The first-order valence-corrected chi connectivity index (χ1v) is 11.4. The van der Waals surface area contributed by atoms with Crippen molar-refractivity contribution < 1.29 is 23.8 Å². The van der Waals surface area contributed by atoms with Crippen LogP contribution < -0.4 is 9.64 Å². The summed E-state index contributed by atoms with van der Waals surface area (Å²) in [6, 6.07) is 1.52. The first-order chi connectivity index (χ1) is 15.1. The van der Waals surface area contributed by atoms with Crippen molar-refractivity contribution in [3.63, 3.8) is 0 Å². The predicted octanol–water partition coefficient (Wildman–Crippen LogP) is 2.80. The third-order valence-corrected chi connectivity index (χ3v) is 6.24. The van der Waals surface area contributed by atoms with Gasteiger partial charge in [-0.05, 0) is 33.6 Å². The SMILES string of the molecule is CN(c1nc(Cl)cc2c1C(=O)N1CCN(C(=O)OC(C)(C)C)CC1CO2)C1CCOCC1. The zero-order valence-electron chi connectivity index (χ0n) is 19.1. The van der Waals surface area contributed by atoms with Crippen molar-refractivity contribution in [1.29, 1.82) is 0 Å². The molecule has 3 aliphatic heterocycles. The molecule has 4 rings (SSSR count). The second-order valence-electron chi connectivity index (χ2n) is 9.49. The Morgan fingerprint density at radius 3 is 2.69 bits per heavy atom. The lowest BCUT2D eigenvalue weighted by molar-refractivity contribution is 0.000950. The van der Waals surface area contributed by atoms with Crippen LogP contribution in [-0.4, -0.2) is 91.0 Å². The van der Waals surface area contributed by atoms with Crippen LogP contribution in [0.25, 0.3) is 0 Å². The molecule has 0 radical (unpaired) electrons. The fraction of sp³-hybridized carbons (Fsp3) is 0.682. The summed E-state index contributed by atoms with van der Waals surface area (Å²) in [7, 11) is 1.94. The lowest BCUT2D eigenvalue weighted by Gasteiger charge is -2.40. The van der Waals surface area contributed by atoms with Crippen molar-refractivity contribution in [2.24, 2.45) is 0 Å². The molecule has 176 valence electrons. The van der Waals surface area contributed by atoms with E-state index in [9.17, 15) is 9.59 Å². The highest BCUT2D eigenvalue weighted by Gasteiger charge is 2.40. The molecule has 0 N–H and O–H groups in total. The molecule has 1 atom stereocenters. The van der Waals surface area contributed by atoms with E-state index >= 15 is 0 Å². The quantitative estimate of drug-likeness (QED) is 0.619. The van der Waals surface area contributed by atoms with E-state index in [1.807, 2.05) is 32.7 Å². The third kappa shape index (κ3) is 4.73. The number of aromatic nitrogens is 1. The maximum Gasteiger partial charge on any atom is 0.410 e. The molecule has 2 amide bonds. The van der Waals surface area contributed by atoms with Crippen LogP contribution in [0.15, 0.2) is 6.07 Å². The molecule has 2 fully saturated rings. The first-order valence-electron chi connectivity index (χ1n) is 11.1. The van der Waals surface area contributed by atoms with Gasteiger partial charge >= 0.3 is 6.09 Å². The monoisotopic (exact) mass is 466 g/mol. The van der Waals surface area contributed by atoms with E-state index in [2.05, 4.69) is 4.98 Å². The average Bonchev–Trinajstić information content (AvgIpc) is 2.88. The van der Waals surface area contributed by atoms with Gasteiger partial charge in [-0.15, -0.1) is 0 Å². The minimum absolute atomic E-state index is 0.149. The van der Waals surface area contributed by atoms with Crippen LogP contribution in [0.5, 0.6) is 5.75 Å². The fourth-order valence-corrected chi connectivity index (χ4v) is 4.56. The van der Waals surface area contributed by atoms with E-state index in [1.165, 1.54) is 0 Å². The number of rotatable bonds is 2. The lowest BCUT2D eigenvalue weighted by atomic mass is 10.1. The molecule has 0 aromatic carbocycles. The predicted molar refractivity (Wildman–Crippen MR) is 120 cm³/mol. The highest BCUT2D eigenvalue weighted by Crippen LogP contribution is 2.36. The maximum absolute atomic E-state index is 13.7. The van der Waals surface area contributed by atoms with E-state index < -0.39 is 5.60 Å². The number of halogens is 1. The summed E-state index contributed by atoms with van der Waals surface area (Å²) < 4.78 is 17.0. The number of hydrogen-bond acceptors (Lipinski definition) is 7. The standard InChI is InChI=1S/C22H31ClN4O5/c1-22(2,3)32-21(29)26-7-8-27-15(12-26)13-31-16-11-17(23)24-19(18(16)20(27)28)25(4)14-5-9-30-10-6-14/h11,14-15H,5-10,12-13H2,1-4H3. The number of hydrogen-bond donors (Lipinski definition) is 0. The third-order valence-electron chi connectivity index (χ3n) is 6.05. The van der Waals surface area contributed by atoms with Crippen LogP contribution in [0.3, 0.4) is 0 Å². The van der Waals surface area contributed by atoms with Crippen molar-refractivity contribution >= 4 is 29.4 Å². The highest BCUT2D eigenvalue weighted by atomic mass is 35.5. The summed E-state index contributed by atoms with van der Waals surface area (Å²) in [4.78, 5) is 36.2. The summed E-state index contributed by atoms with van der Waals surface area (Å²) in [5, 5.41) is 0.278. The van der Waals surface area contributed by atoms with Crippen molar-refractivity contribution in [1.82, 2.24) is 14.8 Å². The molecule has 10 heteroatoms. The van der Waals surface area contributed by atoms with E-state index in [-0.39, 0.29) is 35.8 Å².